The predicted molar refractivity (Wildman–Crippen MR) is 66.2 cm³/mol. The first kappa shape index (κ1) is 16.7. The Balaban J connectivity index is 2.92. The molecule has 6 nitrogen and oxygen atoms in total. The van der Waals surface area contributed by atoms with Crippen molar-refractivity contribution in [2.24, 2.45) is 0 Å². The van der Waals surface area contributed by atoms with Crippen molar-refractivity contribution in [1.82, 2.24) is 4.72 Å². The van der Waals surface area contributed by atoms with Gasteiger partial charge in [-0.2, -0.15) is 13.2 Å². The topological polar surface area (TPSA) is 92.3 Å². The van der Waals surface area contributed by atoms with Gasteiger partial charge >= 0.3 is 6.18 Å². The molecule has 0 aliphatic rings. The van der Waals surface area contributed by atoms with Gasteiger partial charge in [-0.15, -0.1) is 0 Å². The Kier molecular flexibility index (Phi) is 4.66. The van der Waals surface area contributed by atoms with Crippen molar-refractivity contribution in [3.05, 3.63) is 24.3 Å². The summed E-state index contributed by atoms with van der Waals surface area (Å²) >= 11 is 0. The fraction of sp³-hybridized carbons (Fsp3) is 0.333. The first-order valence-corrected chi connectivity index (χ1v) is 8.20. The van der Waals surface area contributed by atoms with Gasteiger partial charge < -0.3 is 0 Å². The highest BCUT2D eigenvalue weighted by molar-refractivity contribution is 7.92. The molecule has 1 aromatic rings. The lowest BCUT2D eigenvalue weighted by Gasteiger charge is -2.10. The van der Waals surface area contributed by atoms with Crippen LogP contribution in [-0.4, -0.2) is 35.8 Å². The summed E-state index contributed by atoms with van der Waals surface area (Å²) in [5, 5.41) is 0. The van der Waals surface area contributed by atoms with Crippen molar-refractivity contribution >= 4 is 25.7 Å². The predicted octanol–water partition coefficient (Wildman–Crippen LogP) is 0.899. The summed E-state index contributed by atoms with van der Waals surface area (Å²) in [5.74, 6) is -2.02. The van der Waals surface area contributed by atoms with Gasteiger partial charge in [0.15, 0.2) is 5.75 Å². The van der Waals surface area contributed by atoms with E-state index < -0.39 is 32.0 Å². The third kappa shape index (κ3) is 4.98. The van der Waals surface area contributed by atoms with Crippen molar-refractivity contribution in [3.8, 4) is 0 Å². The molecule has 0 atom stereocenters. The molecule has 0 radical (unpaired) electrons. The van der Waals surface area contributed by atoms with E-state index in [2.05, 4.69) is 0 Å². The molecule has 11 heteroatoms. The Morgan fingerprint density at radius 2 is 1.55 bits per heavy atom. The average Bonchev–Trinajstić information content (AvgIpc) is 2.25. The smallest absolute Gasteiger partial charge is 0.283 e. The first-order valence-electron chi connectivity index (χ1n) is 5.06. The van der Waals surface area contributed by atoms with Crippen LogP contribution >= 0.6 is 0 Å². The monoisotopic (exact) mass is 332 g/mol. The van der Waals surface area contributed by atoms with Crippen LogP contribution in [0.1, 0.15) is 0 Å². The van der Waals surface area contributed by atoms with E-state index in [0.717, 1.165) is 24.3 Å². The molecule has 0 unspecified atom stereocenters. The highest BCUT2D eigenvalue weighted by Gasteiger charge is 2.35. The van der Waals surface area contributed by atoms with Gasteiger partial charge in [-0.3, -0.25) is 4.72 Å². The van der Waals surface area contributed by atoms with Crippen LogP contribution < -0.4 is 9.44 Å². The van der Waals surface area contributed by atoms with Crippen molar-refractivity contribution in [2.75, 3.05) is 17.5 Å². The number of benzene rings is 1. The summed E-state index contributed by atoms with van der Waals surface area (Å²) in [5.41, 5.74) is -0.163. The lowest BCUT2D eigenvalue weighted by molar-refractivity contribution is -0.106. The molecule has 20 heavy (non-hydrogen) atoms. The van der Waals surface area contributed by atoms with Gasteiger partial charge in [-0.1, -0.05) is 0 Å². The Hall–Kier alpha value is -1.33. The molecule has 0 aliphatic carbocycles. The maximum Gasteiger partial charge on any atom is 0.404 e. The van der Waals surface area contributed by atoms with E-state index in [4.69, 9.17) is 0 Å². The molecule has 0 saturated carbocycles. The van der Waals surface area contributed by atoms with Gasteiger partial charge in [0, 0.05) is 5.69 Å². The fourth-order valence-electron chi connectivity index (χ4n) is 1.25. The van der Waals surface area contributed by atoms with Crippen LogP contribution in [0.4, 0.5) is 18.9 Å². The fourth-order valence-corrected chi connectivity index (χ4v) is 2.98. The van der Waals surface area contributed by atoms with E-state index in [1.807, 2.05) is 4.72 Å². The largest absolute Gasteiger partial charge is 0.404 e. The maximum absolute atomic E-state index is 12.0. The van der Waals surface area contributed by atoms with Crippen molar-refractivity contribution < 1.29 is 30.0 Å². The molecule has 0 bridgehead atoms. The normalized spacial score (nSPS) is 13.2. The second-order valence-corrected chi connectivity index (χ2v) is 7.32. The summed E-state index contributed by atoms with van der Waals surface area (Å²) in [4.78, 5) is -0.140. The van der Waals surface area contributed by atoms with E-state index in [-0.39, 0.29) is 10.6 Å². The van der Waals surface area contributed by atoms with E-state index >= 15 is 0 Å². The van der Waals surface area contributed by atoms with Crippen LogP contribution in [-0.2, 0) is 20.0 Å². The van der Waals surface area contributed by atoms with Crippen LogP contribution in [0.5, 0.6) is 0 Å². The molecule has 114 valence electrons. The minimum Gasteiger partial charge on any atom is -0.283 e. The maximum atomic E-state index is 12.0. The van der Waals surface area contributed by atoms with Crippen molar-refractivity contribution in [1.29, 1.82) is 0 Å². The number of nitrogens with one attached hydrogen (secondary N) is 2. The van der Waals surface area contributed by atoms with Gasteiger partial charge in [0.25, 0.3) is 0 Å². The molecular formula is C9H11F3N2O4S2. The molecule has 2 N–H and O–H groups in total. The van der Waals surface area contributed by atoms with Crippen LogP contribution in [0.15, 0.2) is 29.2 Å². The lowest BCUT2D eigenvalue weighted by Crippen LogP contribution is -2.27. The molecule has 0 fully saturated rings. The van der Waals surface area contributed by atoms with Gasteiger partial charge in [0.05, 0.1) is 4.90 Å². The number of halogens is 3. The Labute approximate surface area is 114 Å². The Morgan fingerprint density at radius 3 is 1.95 bits per heavy atom. The summed E-state index contributed by atoms with van der Waals surface area (Å²) in [6.07, 6.45) is -4.86. The molecule has 1 aromatic carbocycles. The second kappa shape index (κ2) is 5.58. The van der Waals surface area contributed by atoms with Crippen LogP contribution in [0.25, 0.3) is 0 Å². The first-order chi connectivity index (χ1) is 8.95. The van der Waals surface area contributed by atoms with Crippen molar-refractivity contribution in [2.45, 2.75) is 11.1 Å². The van der Waals surface area contributed by atoms with Gasteiger partial charge in [-0.25, -0.2) is 21.6 Å². The number of rotatable bonds is 5. The molecule has 0 aliphatic heterocycles. The Bertz CT molecular complexity index is 666. The van der Waals surface area contributed by atoms with Crippen LogP contribution in [0.3, 0.4) is 0 Å². The molecule has 0 saturated heterocycles. The molecule has 1 rings (SSSR count). The van der Waals surface area contributed by atoms with Gasteiger partial charge in [-0.05, 0) is 31.3 Å². The minimum atomic E-state index is -4.86. The third-order valence-electron chi connectivity index (χ3n) is 2.06. The number of anilines is 1. The SMILES string of the molecule is CNS(=O)(=O)c1ccc(NS(=O)(=O)CC(F)(F)F)cc1. The molecular weight excluding hydrogens is 321 g/mol. The lowest BCUT2D eigenvalue weighted by atomic mass is 10.3. The number of hydrogen-bond donors (Lipinski definition) is 2. The van der Waals surface area contributed by atoms with Crippen molar-refractivity contribution in [3.63, 3.8) is 0 Å². The standard InChI is InChI=1S/C9H11F3N2O4S2/c1-13-20(17,18)8-4-2-7(3-5-8)14-19(15,16)6-9(10,11)12/h2-5,13-14H,6H2,1H3. The minimum absolute atomic E-state index is 0.140. The third-order valence-corrected chi connectivity index (χ3v) is 4.74. The average molecular weight is 332 g/mol. The van der Waals surface area contributed by atoms with Crippen LogP contribution in [0.2, 0.25) is 0 Å². The number of sulfonamides is 2. The quantitative estimate of drug-likeness (QED) is 0.838. The summed E-state index contributed by atoms with van der Waals surface area (Å²) in [6, 6.07) is 4.24. The molecule has 0 amide bonds. The van der Waals surface area contributed by atoms with Gasteiger partial charge in [0.2, 0.25) is 20.0 Å². The van der Waals surface area contributed by atoms with E-state index in [1.165, 1.54) is 7.05 Å². The Morgan fingerprint density at radius 1 is 1.05 bits per heavy atom. The highest BCUT2D eigenvalue weighted by atomic mass is 32.2. The number of hydrogen-bond acceptors (Lipinski definition) is 4. The summed E-state index contributed by atoms with van der Waals surface area (Å²) in [7, 11) is -7.09. The highest BCUT2D eigenvalue weighted by Crippen LogP contribution is 2.20. The van der Waals surface area contributed by atoms with Crippen LogP contribution in [0, 0.1) is 0 Å². The number of alkyl halides is 3. The van der Waals surface area contributed by atoms with E-state index in [1.54, 1.807) is 4.72 Å². The zero-order valence-corrected chi connectivity index (χ0v) is 11.7. The summed E-state index contributed by atoms with van der Waals surface area (Å²) < 4.78 is 84.9. The zero-order chi connectivity index (χ0) is 15.6. The zero-order valence-electron chi connectivity index (χ0n) is 10.1. The summed E-state index contributed by atoms with van der Waals surface area (Å²) in [6.45, 7) is 0. The second-order valence-electron chi connectivity index (χ2n) is 3.71. The molecule has 0 heterocycles. The molecule has 0 aromatic heterocycles. The van der Waals surface area contributed by atoms with E-state index in [0.29, 0.717) is 0 Å². The molecule has 0 spiro atoms. The van der Waals surface area contributed by atoms with E-state index in [9.17, 15) is 30.0 Å². The van der Waals surface area contributed by atoms with Gasteiger partial charge in [0.1, 0.15) is 0 Å².